The van der Waals surface area contributed by atoms with Crippen molar-refractivity contribution in [3.05, 3.63) is 120 Å². The van der Waals surface area contributed by atoms with Crippen molar-refractivity contribution in [3.8, 4) is 16.9 Å². The largest absolute Gasteiger partial charge is 0.486 e. The van der Waals surface area contributed by atoms with Crippen LogP contribution >= 0.6 is 0 Å². The summed E-state index contributed by atoms with van der Waals surface area (Å²) in [4.78, 5) is 30.4. The molecule has 1 heterocycles. The maximum Gasteiger partial charge on any atom is 0.350 e. The molecule has 7 nitrogen and oxygen atoms in total. The van der Waals surface area contributed by atoms with E-state index in [1.807, 2.05) is 32.2 Å². The van der Waals surface area contributed by atoms with E-state index in [0.717, 1.165) is 16.7 Å². The molecule has 1 aliphatic heterocycles. The molecule has 0 saturated heterocycles. The number of hydrogen-bond donors (Lipinski definition) is 2. The van der Waals surface area contributed by atoms with E-state index < -0.39 is 35.4 Å². The third-order valence-electron chi connectivity index (χ3n) is 8.37. The highest BCUT2D eigenvalue weighted by atomic mass is 19.3. The molecule has 240 valence electrons. The van der Waals surface area contributed by atoms with Crippen LogP contribution in [0.3, 0.4) is 0 Å². The number of carbonyl (C=O) groups excluding carboxylic acids is 2. The van der Waals surface area contributed by atoms with Crippen molar-refractivity contribution in [1.29, 1.82) is 0 Å². The lowest BCUT2D eigenvalue weighted by Crippen LogP contribution is -2.49. The summed E-state index contributed by atoms with van der Waals surface area (Å²) >= 11 is 0. The predicted molar refractivity (Wildman–Crippen MR) is 175 cm³/mol. The first kappa shape index (κ1) is 32.8. The third kappa shape index (κ3) is 7.27. The lowest BCUT2D eigenvalue weighted by Gasteiger charge is -2.38. The Morgan fingerprint density at radius 3 is 2.26 bits per heavy atom. The summed E-state index contributed by atoms with van der Waals surface area (Å²) < 4.78 is 36.9. The number of para-hydroxylation sites is 1. The number of nitrogens with zero attached hydrogens (tertiary/aromatic N) is 2. The van der Waals surface area contributed by atoms with Crippen LogP contribution in [0.4, 0.5) is 14.5 Å². The number of ether oxygens (including phenoxy) is 1. The molecule has 0 bridgehead atoms. The zero-order chi connectivity index (χ0) is 32.8. The molecule has 4 aromatic carbocycles. The van der Waals surface area contributed by atoms with E-state index in [0.29, 0.717) is 19.6 Å². The molecule has 2 N–H and O–H groups in total. The van der Waals surface area contributed by atoms with Gasteiger partial charge in [-0.1, -0.05) is 97.9 Å². The third-order valence-corrected chi connectivity index (χ3v) is 8.37. The quantitative estimate of drug-likeness (QED) is 0.212. The van der Waals surface area contributed by atoms with E-state index in [-0.39, 0.29) is 29.5 Å². The lowest BCUT2D eigenvalue weighted by molar-refractivity contribution is -0.140. The molecule has 4 aromatic rings. The van der Waals surface area contributed by atoms with Crippen molar-refractivity contribution >= 4 is 17.5 Å². The number of nitrogens with one attached hydrogen (secondary N) is 1. The molecule has 0 saturated carbocycles. The van der Waals surface area contributed by atoms with Gasteiger partial charge in [-0.15, -0.1) is 0 Å². The Morgan fingerprint density at radius 2 is 1.61 bits per heavy atom. The summed E-state index contributed by atoms with van der Waals surface area (Å²) in [5.74, 6) is -5.96. The molecule has 0 aromatic heterocycles. The number of alkyl halides is 2. The first-order valence-electron chi connectivity index (χ1n) is 15.4. The van der Waals surface area contributed by atoms with Crippen LogP contribution in [-0.4, -0.2) is 65.6 Å². The van der Waals surface area contributed by atoms with Gasteiger partial charge in [0.15, 0.2) is 5.75 Å². The van der Waals surface area contributed by atoms with E-state index in [4.69, 9.17) is 4.74 Å². The highest BCUT2D eigenvalue weighted by Gasteiger charge is 2.42. The van der Waals surface area contributed by atoms with Crippen LogP contribution in [0.25, 0.3) is 11.1 Å². The lowest BCUT2D eigenvalue weighted by atomic mass is 9.98. The summed E-state index contributed by atoms with van der Waals surface area (Å²) in [7, 11) is 1.97. The number of halogens is 2. The van der Waals surface area contributed by atoms with Crippen LogP contribution in [0.1, 0.15) is 35.3 Å². The van der Waals surface area contributed by atoms with E-state index in [1.165, 1.54) is 36.4 Å². The SMILES string of the molecule is C[C@@H]1CN([C@@H](C)CO)C(=O)c2cccc(NC(=O)C(F)(F)c3ccccc3)c2O[C@@H]1CN(C)Cc1ccc(-c2ccccc2)cc1. The Kier molecular flexibility index (Phi) is 10.1. The summed E-state index contributed by atoms with van der Waals surface area (Å²) in [6, 6.07) is 29.3. The van der Waals surface area contributed by atoms with Gasteiger partial charge >= 0.3 is 5.92 Å². The zero-order valence-electron chi connectivity index (χ0n) is 26.2. The first-order chi connectivity index (χ1) is 22.1. The van der Waals surface area contributed by atoms with Gasteiger partial charge in [0, 0.05) is 31.1 Å². The molecule has 9 heteroatoms. The van der Waals surface area contributed by atoms with Crippen molar-refractivity contribution in [2.24, 2.45) is 5.92 Å². The fraction of sp³-hybridized carbons (Fsp3) is 0.297. The number of aliphatic hydroxyl groups excluding tert-OH is 1. The Balaban J connectivity index is 1.41. The Morgan fingerprint density at radius 1 is 0.978 bits per heavy atom. The summed E-state index contributed by atoms with van der Waals surface area (Å²) in [5.41, 5.74) is 3.01. The average molecular weight is 628 g/mol. The molecule has 0 unspecified atom stereocenters. The van der Waals surface area contributed by atoms with Crippen LogP contribution in [0.2, 0.25) is 0 Å². The number of carbonyl (C=O) groups is 2. The van der Waals surface area contributed by atoms with E-state index in [2.05, 4.69) is 46.6 Å². The Hall–Kier alpha value is -4.60. The molecule has 0 spiro atoms. The number of aliphatic hydroxyl groups is 1. The van der Waals surface area contributed by atoms with E-state index in [1.54, 1.807) is 24.0 Å². The highest BCUT2D eigenvalue weighted by molar-refractivity contribution is 6.03. The average Bonchev–Trinajstić information content (AvgIpc) is 3.07. The standard InChI is InChI=1S/C37H39F2N3O4/c1-25-21-42(26(2)24-43)35(44)31-15-10-16-32(40-36(45)37(38,39)30-13-8-5-9-14-30)34(31)46-33(25)23-41(3)22-27-17-19-29(20-18-27)28-11-6-4-7-12-28/h4-20,25-26,33,43H,21-24H2,1-3H3,(H,40,45)/t25-,26+,33-/m1/s1. The minimum Gasteiger partial charge on any atom is -0.486 e. The van der Waals surface area contributed by atoms with Gasteiger partial charge in [-0.3, -0.25) is 14.5 Å². The topological polar surface area (TPSA) is 82.1 Å². The van der Waals surface area contributed by atoms with E-state index in [9.17, 15) is 14.7 Å². The number of likely N-dealkylation sites (N-methyl/N-ethyl adjacent to an activating group) is 1. The molecule has 2 amide bonds. The fourth-order valence-corrected chi connectivity index (χ4v) is 5.66. The van der Waals surface area contributed by atoms with Crippen molar-refractivity contribution < 1.29 is 28.2 Å². The van der Waals surface area contributed by atoms with Gasteiger partial charge in [-0.2, -0.15) is 8.78 Å². The fourth-order valence-electron chi connectivity index (χ4n) is 5.66. The zero-order valence-corrected chi connectivity index (χ0v) is 26.2. The normalized spacial score (nSPS) is 17.5. The molecule has 0 aliphatic carbocycles. The Bertz CT molecular complexity index is 1630. The van der Waals surface area contributed by atoms with Gasteiger partial charge in [-0.05, 0) is 42.8 Å². The van der Waals surface area contributed by atoms with Crippen molar-refractivity contribution in [3.63, 3.8) is 0 Å². The predicted octanol–water partition coefficient (Wildman–Crippen LogP) is 6.44. The van der Waals surface area contributed by atoms with Gasteiger partial charge in [0.05, 0.1) is 23.9 Å². The molecule has 46 heavy (non-hydrogen) atoms. The number of amides is 2. The summed E-state index contributed by atoms with van der Waals surface area (Å²) in [6.45, 7) is 4.82. The van der Waals surface area contributed by atoms with Crippen molar-refractivity contribution in [2.75, 3.05) is 32.1 Å². The monoisotopic (exact) mass is 627 g/mol. The molecule has 0 radical (unpaired) electrons. The minimum atomic E-state index is -3.82. The van der Waals surface area contributed by atoms with Crippen LogP contribution in [0.15, 0.2) is 103 Å². The van der Waals surface area contributed by atoms with E-state index >= 15 is 8.78 Å². The van der Waals surface area contributed by atoms with Gasteiger partial charge in [-0.25, -0.2) is 0 Å². The minimum absolute atomic E-state index is 0.0250. The smallest absolute Gasteiger partial charge is 0.350 e. The van der Waals surface area contributed by atoms with Crippen molar-refractivity contribution in [1.82, 2.24) is 9.80 Å². The number of hydrogen-bond acceptors (Lipinski definition) is 5. The van der Waals surface area contributed by atoms with Gasteiger partial charge in [0.1, 0.15) is 6.10 Å². The second-order valence-corrected chi connectivity index (χ2v) is 12.0. The molecular weight excluding hydrogens is 588 g/mol. The molecular formula is C37H39F2N3O4. The summed E-state index contributed by atoms with van der Waals surface area (Å²) in [6.07, 6.45) is -0.485. The van der Waals surface area contributed by atoms with Gasteiger partial charge in [0.2, 0.25) is 0 Å². The van der Waals surface area contributed by atoms with Gasteiger partial charge in [0.25, 0.3) is 11.8 Å². The number of anilines is 1. The molecule has 1 aliphatic rings. The Labute approximate surface area is 268 Å². The van der Waals surface area contributed by atoms with Crippen LogP contribution in [0, 0.1) is 5.92 Å². The second-order valence-electron chi connectivity index (χ2n) is 12.0. The van der Waals surface area contributed by atoms with Gasteiger partial charge < -0.3 is 20.1 Å². The maximum absolute atomic E-state index is 15.2. The molecule has 5 rings (SSSR count). The van der Waals surface area contributed by atoms with Crippen LogP contribution in [0.5, 0.6) is 5.75 Å². The molecule has 3 atom stereocenters. The molecule has 0 fully saturated rings. The van der Waals surface area contributed by atoms with Crippen LogP contribution in [-0.2, 0) is 17.3 Å². The summed E-state index contributed by atoms with van der Waals surface area (Å²) in [5, 5.41) is 12.3. The van der Waals surface area contributed by atoms with Crippen molar-refractivity contribution in [2.45, 2.75) is 38.5 Å². The number of fused-ring (bicyclic) bond motifs is 1. The first-order valence-corrected chi connectivity index (χ1v) is 15.4. The second kappa shape index (κ2) is 14.2. The van der Waals surface area contributed by atoms with Crippen LogP contribution < -0.4 is 10.1 Å². The maximum atomic E-state index is 15.2. The highest BCUT2D eigenvalue weighted by Crippen LogP contribution is 2.37. The number of benzene rings is 4. The number of rotatable bonds is 10.